The van der Waals surface area contributed by atoms with E-state index in [2.05, 4.69) is 20.5 Å². The van der Waals surface area contributed by atoms with Crippen LogP contribution in [0.5, 0.6) is 5.75 Å². The van der Waals surface area contributed by atoms with Crippen molar-refractivity contribution in [1.29, 1.82) is 0 Å². The molecule has 1 aliphatic rings. The monoisotopic (exact) mass is 581 g/mol. The standard InChI is InChI=1S/C24H30Cl2F3N5O3.H2O/c1-36-20-11-18(30)17(26)10-15(20)23(35)33-19-5-8-34(13-21(19)37-2)7-4-3-6-31-22-16(24(27,28)29)9-14(25)12-32-22;/h9-12,19,21H,3-8,13,30H2,1-2H3,(H,31,32)(H,33,35);1H2/t19-,21+;/m1./s1. The van der Waals surface area contributed by atoms with Gasteiger partial charge in [-0.25, -0.2) is 4.98 Å². The second kappa shape index (κ2) is 14.0. The molecule has 2 atom stereocenters. The minimum atomic E-state index is -4.54. The SMILES string of the molecule is COc1cc(N)c(Cl)cc1C(=O)N[C@@H]1CCN(CCCCNc2ncc(Cl)cc2C(F)(F)F)C[C@@H]1OC.O. The van der Waals surface area contributed by atoms with Crippen molar-refractivity contribution in [1.82, 2.24) is 15.2 Å². The lowest BCUT2D eigenvalue weighted by molar-refractivity contribution is -0.137. The van der Waals surface area contributed by atoms with Crippen LogP contribution >= 0.6 is 23.2 Å². The first-order valence-corrected chi connectivity index (χ1v) is 12.4. The van der Waals surface area contributed by atoms with E-state index in [0.717, 1.165) is 25.6 Å². The summed E-state index contributed by atoms with van der Waals surface area (Å²) < 4.78 is 50.5. The van der Waals surface area contributed by atoms with Gasteiger partial charge in [-0.2, -0.15) is 13.2 Å². The van der Waals surface area contributed by atoms with E-state index in [1.807, 2.05) is 0 Å². The van der Waals surface area contributed by atoms with Gasteiger partial charge in [0.05, 0.1) is 46.1 Å². The number of rotatable bonds is 10. The number of hydrogen-bond donors (Lipinski definition) is 3. The average molecular weight is 582 g/mol. The number of alkyl halides is 3. The van der Waals surface area contributed by atoms with E-state index >= 15 is 0 Å². The number of likely N-dealkylation sites (tertiary alicyclic amines) is 1. The summed E-state index contributed by atoms with van der Waals surface area (Å²) in [6.07, 6.45) is -1.52. The van der Waals surface area contributed by atoms with Crippen molar-refractivity contribution in [2.75, 3.05) is 51.4 Å². The van der Waals surface area contributed by atoms with Crippen LogP contribution in [0.1, 0.15) is 35.2 Å². The first-order chi connectivity index (χ1) is 17.5. The Kier molecular flexibility index (Phi) is 11.7. The summed E-state index contributed by atoms with van der Waals surface area (Å²) in [4.78, 5) is 18.9. The fourth-order valence-electron chi connectivity index (χ4n) is 4.21. The number of ether oxygens (including phenoxy) is 2. The molecule has 1 aromatic carbocycles. The van der Waals surface area contributed by atoms with Crippen molar-refractivity contribution in [2.24, 2.45) is 0 Å². The molecule has 1 aliphatic heterocycles. The molecular weight excluding hydrogens is 550 g/mol. The van der Waals surface area contributed by atoms with Crippen molar-refractivity contribution in [2.45, 2.75) is 37.6 Å². The summed E-state index contributed by atoms with van der Waals surface area (Å²) in [6.45, 7) is 2.41. The second-order valence-electron chi connectivity index (χ2n) is 8.70. The van der Waals surface area contributed by atoms with E-state index in [0.29, 0.717) is 37.4 Å². The number of aromatic nitrogens is 1. The molecule has 3 rings (SSSR count). The normalized spacial score (nSPS) is 18.0. The van der Waals surface area contributed by atoms with E-state index in [4.69, 9.17) is 38.4 Å². The molecule has 38 heavy (non-hydrogen) atoms. The average Bonchev–Trinajstić information content (AvgIpc) is 2.85. The first kappa shape index (κ1) is 31.7. The number of pyridine rings is 1. The number of hydrogen-bond acceptors (Lipinski definition) is 7. The van der Waals surface area contributed by atoms with Crippen LogP contribution in [-0.2, 0) is 10.9 Å². The van der Waals surface area contributed by atoms with Gasteiger partial charge in [0.1, 0.15) is 11.6 Å². The molecule has 2 heterocycles. The Bertz CT molecular complexity index is 1090. The highest BCUT2D eigenvalue weighted by Crippen LogP contribution is 2.35. The molecule has 9 nitrogen and oxygen atoms in total. The Morgan fingerprint density at radius 1 is 1.24 bits per heavy atom. The number of nitrogen functional groups attached to an aromatic ring is 1. The maximum absolute atomic E-state index is 13.2. The van der Waals surface area contributed by atoms with Crippen molar-refractivity contribution in [3.05, 3.63) is 45.6 Å². The fraction of sp³-hybridized carbons (Fsp3) is 0.500. The van der Waals surface area contributed by atoms with Crippen molar-refractivity contribution < 1.29 is 32.9 Å². The van der Waals surface area contributed by atoms with Gasteiger partial charge in [0.2, 0.25) is 0 Å². The van der Waals surface area contributed by atoms with Gasteiger partial charge in [-0.3, -0.25) is 4.79 Å². The topological polar surface area (TPSA) is 133 Å². The second-order valence-corrected chi connectivity index (χ2v) is 9.54. The molecule has 0 unspecified atom stereocenters. The number of nitrogens with two attached hydrogens (primary N) is 1. The lowest BCUT2D eigenvalue weighted by Crippen LogP contribution is -2.54. The number of nitrogens with zero attached hydrogens (tertiary/aromatic N) is 2. The summed E-state index contributed by atoms with van der Waals surface area (Å²) in [6, 6.07) is 3.64. The van der Waals surface area contributed by atoms with Crippen LogP contribution in [-0.4, -0.2) is 73.8 Å². The third-order valence-electron chi connectivity index (χ3n) is 6.18. The summed E-state index contributed by atoms with van der Waals surface area (Å²) >= 11 is 11.8. The smallest absolute Gasteiger partial charge is 0.420 e. The van der Waals surface area contributed by atoms with Crippen molar-refractivity contribution in [3.8, 4) is 5.75 Å². The van der Waals surface area contributed by atoms with Gasteiger partial charge in [0.15, 0.2) is 0 Å². The van der Waals surface area contributed by atoms with E-state index in [1.54, 1.807) is 7.11 Å². The third-order valence-corrected chi connectivity index (χ3v) is 6.71. The third kappa shape index (κ3) is 8.24. The molecule has 1 amide bonds. The van der Waals surface area contributed by atoms with E-state index in [9.17, 15) is 18.0 Å². The number of nitrogens with one attached hydrogen (secondary N) is 2. The highest BCUT2D eigenvalue weighted by Gasteiger charge is 2.35. The summed E-state index contributed by atoms with van der Waals surface area (Å²) in [5.41, 5.74) is 5.52. The van der Waals surface area contributed by atoms with Crippen LogP contribution in [0.3, 0.4) is 0 Å². The number of anilines is 2. The molecule has 0 bridgehead atoms. The zero-order chi connectivity index (χ0) is 27.2. The molecule has 14 heteroatoms. The Hall–Kier alpha value is -2.51. The fourth-order valence-corrected chi connectivity index (χ4v) is 4.53. The van der Waals surface area contributed by atoms with Crippen molar-refractivity contribution in [3.63, 3.8) is 0 Å². The Morgan fingerprint density at radius 2 is 1.97 bits per heavy atom. The Balaban J connectivity index is 0.00000507. The number of carbonyl (C=O) groups excluding carboxylic acids is 1. The number of unbranched alkanes of at least 4 members (excludes halogenated alkanes) is 1. The predicted molar refractivity (Wildman–Crippen MR) is 141 cm³/mol. The zero-order valence-electron chi connectivity index (χ0n) is 21.0. The van der Waals surface area contributed by atoms with Crippen LogP contribution in [0.15, 0.2) is 24.4 Å². The highest BCUT2D eigenvalue weighted by atomic mass is 35.5. The van der Waals surface area contributed by atoms with Crippen LogP contribution in [0, 0.1) is 0 Å². The maximum atomic E-state index is 13.2. The molecule has 2 aromatic rings. The zero-order valence-corrected chi connectivity index (χ0v) is 22.5. The largest absolute Gasteiger partial charge is 0.496 e. The summed E-state index contributed by atoms with van der Waals surface area (Å²) in [5, 5.41) is 5.96. The van der Waals surface area contributed by atoms with Gasteiger partial charge in [-0.05, 0) is 37.9 Å². The van der Waals surface area contributed by atoms with Gasteiger partial charge in [0.25, 0.3) is 5.91 Å². The van der Waals surface area contributed by atoms with Gasteiger partial charge in [-0.1, -0.05) is 23.2 Å². The molecule has 0 saturated carbocycles. The molecule has 1 aromatic heterocycles. The first-order valence-electron chi connectivity index (χ1n) is 11.7. The Morgan fingerprint density at radius 3 is 2.63 bits per heavy atom. The molecule has 0 spiro atoms. The molecule has 1 fully saturated rings. The van der Waals surface area contributed by atoms with Gasteiger partial charge in [0, 0.05) is 39.0 Å². The van der Waals surface area contributed by atoms with Gasteiger partial charge in [-0.15, -0.1) is 0 Å². The van der Waals surface area contributed by atoms with Gasteiger partial charge >= 0.3 is 6.18 Å². The predicted octanol–water partition coefficient (Wildman–Crippen LogP) is 3.88. The maximum Gasteiger partial charge on any atom is 0.420 e. The number of methoxy groups -OCH3 is 2. The van der Waals surface area contributed by atoms with Crippen LogP contribution < -0.4 is 21.1 Å². The molecule has 6 N–H and O–H groups in total. The summed E-state index contributed by atoms with van der Waals surface area (Å²) in [5.74, 6) is -0.234. The molecule has 1 saturated heterocycles. The molecular formula is C24H32Cl2F3N5O4. The minimum Gasteiger partial charge on any atom is -0.496 e. The molecule has 0 radical (unpaired) electrons. The lowest BCUT2D eigenvalue weighted by Gasteiger charge is -2.38. The van der Waals surface area contributed by atoms with Crippen LogP contribution in [0.2, 0.25) is 10.0 Å². The minimum absolute atomic E-state index is 0. The quantitative estimate of drug-likeness (QED) is 0.286. The number of piperidine rings is 1. The molecule has 0 aliphatic carbocycles. The van der Waals surface area contributed by atoms with E-state index in [1.165, 1.54) is 25.4 Å². The Labute approximate surface area is 229 Å². The number of carbonyl (C=O) groups is 1. The van der Waals surface area contributed by atoms with Crippen LogP contribution in [0.4, 0.5) is 24.7 Å². The summed E-state index contributed by atoms with van der Waals surface area (Å²) in [7, 11) is 3.04. The highest BCUT2D eigenvalue weighted by molar-refractivity contribution is 6.33. The van der Waals surface area contributed by atoms with Crippen molar-refractivity contribution >= 4 is 40.6 Å². The molecule has 212 valence electrons. The van der Waals surface area contributed by atoms with Gasteiger partial charge < -0.3 is 36.2 Å². The lowest BCUT2D eigenvalue weighted by atomic mass is 10.0. The number of amides is 1. The number of benzene rings is 1. The van der Waals surface area contributed by atoms with Crippen LogP contribution in [0.25, 0.3) is 0 Å². The van der Waals surface area contributed by atoms with E-state index < -0.39 is 11.7 Å². The number of halogens is 5. The van der Waals surface area contributed by atoms with E-state index in [-0.39, 0.29) is 45.0 Å².